The maximum atomic E-state index is 13.4. The summed E-state index contributed by atoms with van der Waals surface area (Å²) >= 11 is 0. The molecule has 0 spiro atoms. The number of benzene rings is 1. The monoisotopic (exact) mass is 307 g/mol. The number of hydrogen-bond donors (Lipinski definition) is 0. The number of amides is 1. The number of rotatable bonds is 4. The molecule has 20 heavy (non-hydrogen) atoms. The van der Waals surface area contributed by atoms with Crippen LogP contribution in [0.1, 0.15) is 12.0 Å². The van der Waals surface area contributed by atoms with Gasteiger partial charge in [0, 0.05) is 25.6 Å². The summed E-state index contributed by atoms with van der Waals surface area (Å²) in [5, 5.41) is -1.35. The molecule has 1 heterocycles. The maximum absolute atomic E-state index is 13.4. The number of hydrogen-bond acceptors (Lipinski definition) is 3. The van der Waals surface area contributed by atoms with Crippen molar-refractivity contribution in [2.45, 2.75) is 18.1 Å². The van der Waals surface area contributed by atoms with E-state index in [4.69, 9.17) is 0 Å². The minimum absolute atomic E-state index is 0.0629. The number of carbonyl (C=O) groups excluding carboxylic acids is 1. The lowest BCUT2D eigenvalue weighted by Gasteiger charge is -2.16. The minimum atomic E-state index is -4.75. The highest BCUT2D eigenvalue weighted by molar-refractivity contribution is 7.87. The summed E-state index contributed by atoms with van der Waals surface area (Å²) in [5.41, 5.74) is 0.214. The van der Waals surface area contributed by atoms with Crippen molar-refractivity contribution in [2.24, 2.45) is 0 Å². The van der Waals surface area contributed by atoms with E-state index in [0.717, 1.165) is 12.1 Å². The third-order valence-electron chi connectivity index (χ3n) is 3.24. The fourth-order valence-electron chi connectivity index (χ4n) is 2.12. The number of halogens is 3. The second-order valence-corrected chi connectivity index (χ2v) is 6.24. The average molecular weight is 307 g/mol. The zero-order valence-electron chi connectivity index (χ0n) is 10.4. The molecule has 1 atom stereocenters. The topological polar surface area (TPSA) is 54.5 Å². The van der Waals surface area contributed by atoms with Gasteiger partial charge in [-0.3, -0.25) is 4.79 Å². The Kier molecular flexibility index (Phi) is 4.03. The van der Waals surface area contributed by atoms with Crippen LogP contribution in [0.15, 0.2) is 18.2 Å². The van der Waals surface area contributed by atoms with Crippen LogP contribution in [0.3, 0.4) is 0 Å². The molecule has 0 aliphatic carbocycles. The summed E-state index contributed by atoms with van der Waals surface area (Å²) in [5.74, 6) is -1.92. The quantitative estimate of drug-likeness (QED) is 0.790. The molecule has 8 heteroatoms. The number of likely N-dealkylation sites (tertiary alicyclic amines) is 1. The summed E-state index contributed by atoms with van der Waals surface area (Å²) in [4.78, 5) is 12.7. The molecule has 1 aromatic carbocycles. The Morgan fingerprint density at radius 3 is 2.55 bits per heavy atom. The molecule has 1 aliphatic rings. The number of nitrogens with zero attached hydrogens (tertiary/aromatic N) is 1. The SMILES string of the molecule is O=C1CC(S(=O)(=O)F)CN1CCc1ccc(F)cc1F. The Bertz CT molecular complexity index is 633. The normalized spacial score (nSPS) is 19.6. The molecule has 0 aromatic heterocycles. The second kappa shape index (κ2) is 5.43. The van der Waals surface area contributed by atoms with Crippen LogP contribution < -0.4 is 0 Å². The highest BCUT2D eigenvalue weighted by atomic mass is 32.3. The van der Waals surface area contributed by atoms with Crippen molar-refractivity contribution in [1.82, 2.24) is 4.90 Å². The maximum Gasteiger partial charge on any atom is 0.307 e. The summed E-state index contributed by atoms with van der Waals surface area (Å²) in [6, 6.07) is 3.09. The molecule has 1 saturated heterocycles. The van der Waals surface area contributed by atoms with Gasteiger partial charge in [0.15, 0.2) is 0 Å². The van der Waals surface area contributed by atoms with Gasteiger partial charge in [0.1, 0.15) is 16.9 Å². The van der Waals surface area contributed by atoms with Crippen LogP contribution in [0.25, 0.3) is 0 Å². The summed E-state index contributed by atoms with van der Waals surface area (Å²) in [6.45, 7) is -0.173. The second-order valence-electron chi connectivity index (χ2n) is 4.63. The molecular weight excluding hydrogens is 295 g/mol. The van der Waals surface area contributed by atoms with Crippen LogP contribution >= 0.6 is 0 Å². The molecule has 1 fully saturated rings. The third-order valence-corrected chi connectivity index (χ3v) is 4.36. The molecule has 0 N–H and O–H groups in total. The fraction of sp³-hybridized carbons (Fsp3) is 0.417. The van der Waals surface area contributed by atoms with Crippen molar-refractivity contribution >= 4 is 16.1 Å². The van der Waals surface area contributed by atoms with E-state index in [2.05, 4.69) is 0 Å². The van der Waals surface area contributed by atoms with Gasteiger partial charge in [-0.25, -0.2) is 8.78 Å². The van der Waals surface area contributed by atoms with Gasteiger partial charge in [-0.15, -0.1) is 3.89 Å². The first kappa shape index (κ1) is 14.8. The largest absolute Gasteiger partial charge is 0.341 e. The van der Waals surface area contributed by atoms with Gasteiger partial charge in [0.2, 0.25) is 5.91 Å². The van der Waals surface area contributed by atoms with Crippen molar-refractivity contribution in [3.8, 4) is 0 Å². The van der Waals surface area contributed by atoms with E-state index in [-0.39, 0.29) is 25.1 Å². The van der Waals surface area contributed by atoms with Gasteiger partial charge in [0.25, 0.3) is 0 Å². The van der Waals surface area contributed by atoms with E-state index in [1.807, 2.05) is 0 Å². The third kappa shape index (κ3) is 3.30. The standard InChI is InChI=1S/C12H12F3NO3S/c13-9-2-1-8(11(14)5-9)3-4-16-7-10(6-12(16)17)20(15,18)19/h1-2,5,10H,3-4,6-7H2. The average Bonchev–Trinajstić information content (AvgIpc) is 2.69. The summed E-state index contributed by atoms with van der Waals surface area (Å²) < 4.78 is 60.4. The molecule has 4 nitrogen and oxygen atoms in total. The fourth-order valence-corrected chi connectivity index (χ4v) is 2.82. The van der Waals surface area contributed by atoms with Gasteiger partial charge in [0.05, 0.1) is 0 Å². The lowest BCUT2D eigenvalue weighted by atomic mass is 10.1. The molecule has 110 valence electrons. The summed E-state index contributed by atoms with van der Waals surface area (Å²) in [6.07, 6.45) is -0.290. The Hall–Kier alpha value is -1.57. The van der Waals surface area contributed by atoms with Crippen molar-refractivity contribution in [2.75, 3.05) is 13.1 Å². The molecule has 0 bridgehead atoms. The van der Waals surface area contributed by atoms with Crippen LogP contribution in [-0.2, 0) is 21.4 Å². The predicted molar refractivity (Wildman–Crippen MR) is 65.1 cm³/mol. The molecule has 1 aromatic rings. The van der Waals surface area contributed by atoms with Gasteiger partial charge in [-0.1, -0.05) is 6.07 Å². The highest BCUT2D eigenvalue weighted by Gasteiger charge is 2.38. The first-order valence-corrected chi connectivity index (χ1v) is 7.37. The van der Waals surface area contributed by atoms with Crippen LogP contribution in [0.4, 0.5) is 12.7 Å². The first-order valence-electron chi connectivity index (χ1n) is 5.92. The van der Waals surface area contributed by atoms with Crippen LogP contribution in [0.2, 0.25) is 0 Å². The summed E-state index contributed by atoms with van der Waals surface area (Å²) in [7, 11) is -4.75. The molecular formula is C12H12F3NO3S. The van der Waals surface area contributed by atoms with E-state index < -0.39 is 39.4 Å². The molecule has 0 saturated carbocycles. The van der Waals surface area contributed by atoms with Gasteiger partial charge in [-0.05, 0) is 18.1 Å². The molecule has 1 aliphatic heterocycles. The molecule has 0 radical (unpaired) electrons. The first-order chi connectivity index (χ1) is 9.27. The zero-order chi connectivity index (χ0) is 14.9. The van der Waals surface area contributed by atoms with Gasteiger partial charge in [-0.2, -0.15) is 8.42 Å². The van der Waals surface area contributed by atoms with Crippen LogP contribution in [-0.4, -0.2) is 37.6 Å². The van der Waals surface area contributed by atoms with Crippen molar-refractivity contribution in [3.05, 3.63) is 35.4 Å². The van der Waals surface area contributed by atoms with Crippen molar-refractivity contribution < 1.29 is 25.9 Å². The van der Waals surface area contributed by atoms with E-state index in [1.165, 1.54) is 11.0 Å². The molecule has 1 amide bonds. The Labute approximate surface area is 114 Å². The van der Waals surface area contributed by atoms with E-state index in [9.17, 15) is 25.9 Å². The van der Waals surface area contributed by atoms with E-state index in [0.29, 0.717) is 0 Å². The van der Waals surface area contributed by atoms with Crippen molar-refractivity contribution in [3.63, 3.8) is 0 Å². The van der Waals surface area contributed by atoms with Crippen molar-refractivity contribution in [1.29, 1.82) is 0 Å². The highest BCUT2D eigenvalue weighted by Crippen LogP contribution is 2.20. The van der Waals surface area contributed by atoms with Crippen LogP contribution in [0.5, 0.6) is 0 Å². The van der Waals surface area contributed by atoms with Gasteiger partial charge >= 0.3 is 10.2 Å². The van der Waals surface area contributed by atoms with E-state index in [1.54, 1.807) is 0 Å². The van der Waals surface area contributed by atoms with E-state index >= 15 is 0 Å². The Morgan fingerprint density at radius 2 is 2.00 bits per heavy atom. The molecule has 2 rings (SSSR count). The van der Waals surface area contributed by atoms with Gasteiger partial charge < -0.3 is 4.90 Å². The Balaban J connectivity index is 1.99. The minimum Gasteiger partial charge on any atom is -0.341 e. The zero-order valence-corrected chi connectivity index (χ0v) is 11.2. The molecule has 1 unspecified atom stereocenters. The smallest absolute Gasteiger partial charge is 0.307 e. The number of carbonyl (C=O) groups is 1. The predicted octanol–water partition coefficient (Wildman–Crippen LogP) is 1.41. The Morgan fingerprint density at radius 1 is 1.30 bits per heavy atom. The lowest BCUT2D eigenvalue weighted by molar-refractivity contribution is -0.127. The van der Waals surface area contributed by atoms with Crippen LogP contribution in [0, 0.1) is 11.6 Å². The lowest BCUT2D eigenvalue weighted by Crippen LogP contribution is -2.29.